The van der Waals surface area contributed by atoms with E-state index >= 15 is 0 Å². The van der Waals surface area contributed by atoms with E-state index in [1.165, 1.54) is 30.3 Å². The highest BCUT2D eigenvalue weighted by Gasteiger charge is 2.34. The minimum Gasteiger partial charge on any atom is -0.486 e. The maximum atomic E-state index is 12.8. The van der Waals surface area contributed by atoms with Crippen LogP contribution in [0.4, 0.5) is 4.39 Å². The van der Waals surface area contributed by atoms with Gasteiger partial charge in [-0.3, -0.25) is 9.59 Å². The Kier molecular flexibility index (Phi) is 5.02. The maximum Gasteiger partial charge on any atom is 0.308 e. The van der Waals surface area contributed by atoms with Crippen LogP contribution < -0.4 is 10.1 Å². The summed E-state index contributed by atoms with van der Waals surface area (Å²) >= 11 is 0. The average Bonchev–Trinajstić information content (AvgIpc) is 3.23. The predicted molar refractivity (Wildman–Crippen MR) is 85.7 cm³/mol. The molecule has 132 valence electrons. The molecule has 1 aromatic heterocycles. The van der Waals surface area contributed by atoms with Crippen LogP contribution in [0.2, 0.25) is 0 Å². The Morgan fingerprint density at radius 2 is 1.96 bits per heavy atom. The predicted octanol–water partition coefficient (Wildman–Crippen LogP) is 2.98. The second-order valence-corrected chi connectivity index (χ2v) is 5.96. The Labute approximate surface area is 143 Å². The van der Waals surface area contributed by atoms with Crippen LogP contribution >= 0.6 is 0 Å². The molecule has 2 aromatic rings. The van der Waals surface area contributed by atoms with Gasteiger partial charge >= 0.3 is 5.97 Å². The minimum absolute atomic E-state index is 0.0973. The average molecular weight is 347 g/mol. The molecule has 0 spiro atoms. The number of aliphatic carboxylic acids is 1. The topological polar surface area (TPSA) is 88.8 Å². The quantitative estimate of drug-likeness (QED) is 0.839. The van der Waals surface area contributed by atoms with Crippen molar-refractivity contribution in [2.45, 2.75) is 31.9 Å². The highest BCUT2D eigenvalue weighted by Crippen LogP contribution is 2.26. The molecule has 7 heteroatoms. The number of carboxylic acid groups (broad SMARTS) is 1. The van der Waals surface area contributed by atoms with Crippen LogP contribution in [-0.4, -0.2) is 23.0 Å². The zero-order chi connectivity index (χ0) is 17.8. The summed E-state index contributed by atoms with van der Waals surface area (Å²) in [6.07, 6.45) is 1.98. The lowest BCUT2D eigenvalue weighted by Gasteiger charge is -2.16. The molecule has 0 saturated heterocycles. The molecule has 25 heavy (non-hydrogen) atoms. The van der Waals surface area contributed by atoms with Crippen molar-refractivity contribution in [3.05, 3.63) is 53.7 Å². The van der Waals surface area contributed by atoms with E-state index in [4.69, 9.17) is 14.3 Å². The van der Waals surface area contributed by atoms with Gasteiger partial charge in [0.1, 0.15) is 23.9 Å². The summed E-state index contributed by atoms with van der Waals surface area (Å²) in [7, 11) is 0. The van der Waals surface area contributed by atoms with Crippen molar-refractivity contribution in [3.8, 4) is 5.75 Å². The van der Waals surface area contributed by atoms with Gasteiger partial charge in [-0.2, -0.15) is 0 Å². The lowest BCUT2D eigenvalue weighted by Crippen LogP contribution is -2.40. The van der Waals surface area contributed by atoms with Crippen LogP contribution in [0.3, 0.4) is 0 Å². The van der Waals surface area contributed by atoms with Crippen LogP contribution in [-0.2, 0) is 11.4 Å². The number of carboxylic acids is 1. The summed E-state index contributed by atoms with van der Waals surface area (Å²) in [5.74, 6) is -1.21. The monoisotopic (exact) mass is 347 g/mol. The van der Waals surface area contributed by atoms with Gasteiger partial charge < -0.3 is 19.6 Å². The summed E-state index contributed by atoms with van der Waals surface area (Å²) in [5, 5.41) is 11.9. The van der Waals surface area contributed by atoms with Crippen molar-refractivity contribution in [2.75, 3.05) is 0 Å². The minimum atomic E-state index is -0.893. The van der Waals surface area contributed by atoms with Crippen molar-refractivity contribution in [1.29, 1.82) is 0 Å². The molecule has 0 aliphatic heterocycles. The maximum absolute atomic E-state index is 12.8. The van der Waals surface area contributed by atoms with E-state index in [-0.39, 0.29) is 24.2 Å². The SMILES string of the molecule is O=C(N[C@H]1CCC[C@H]1C(=O)O)c1ccc(COc2ccc(F)cc2)o1. The molecular formula is C18H18FNO5. The fourth-order valence-corrected chi connectivity index (χ4v) is 2.93. The molecule has 2 N–H and O–H groups in total. The van der Waals surface area contributed by atoms with Crippen LogP contribution in [0.15, 0.2) is 40.8 Å². The van der Waals surface area contributed by atoms with Gasteiger partial charge in [0.25, 0.3) is 5.91 Å². The Morgan fingerprint density at radius 3 is 2.68 bits per heavy atom. The molecule has 1 aromatic carbocycles. The van der Waals surface area contributed by atoms with Crippen LogP contribution in [0.25, 0.3) is 0 Å². The van der Waals surface area contributed by atoms with Gasteiger partial charge in [-0.15, -0.1) is 0 Å². The third-order valence-electron chi connectivity index (χ3n) is 4.23. The van der Waals surface area contributed by atoms with Crippen LogP contribution in [0.5, 0.6) is 5.75 Å². The van der Waals surface area contributed by atoms with Gasteiger partial charge in [0.2, 0.25) is 0 Å². The number of hydrogen-bond donors (Lipinski definition) is 2. The molecular weight excluding hydrogens is 329 g/mol. The van der Waals surface area contributed by atoms with E-state index in [9.17, 15) is 14.0 Å². The zero-order valence-electron chi connectivity index (χ0n) is 13.4. The van der Waals surface area contributed by atoms with Gasteiger partial charge in [0, 0.05) is 6.04 Å². The van der Waals surface area contributed by atoms with Gasteiger partial charge in [-0.25, -0.2) is 4.39 Å². The Bertz CT molecular complexity index is 755. The highest BCUT2D eigenvalue weighted by molar-refractivity contribution is 5.92. The number of carbonyl (C=O) groups is 2. The second kappa shape index (κ2) is 7.38. The smallest absolute Gasteiger partial charge is 0.308 e. The number of furan rings is 1. The molecule has 2 atom stereocenters. The number of halogens is 1. The third-order valence-corrected chi connectivity index (χ3v) is 4.23. The number of hydrogen-bond acceptors (Lipinski definition) is 4. The molecule has 0 bridgehead atoms. The second-order valence-electron chi connectivity index (χ2n) is 5.96. The fraction of sp³-hybridized carbons (Fsp3) is 0.333. The number of ether oxygens (including phenoxy) is 1. The first-order valence-electron chi connectivity index (χ1n) is 8.03. The lowest BCUT2D eigenvalue weighted by molar-refractivity contribution is -0.142. The molecule has 0 radical (unpaired) electrons. The summed E-state index contributed by atoms with van der Waals surface area (Å²) in [4.78, 5) is 23.4. The van der Waals surface area contributed by atoms with Crippen molar-refractivity contribution < 1.29 is 28.2 Å². The number of rotatable bonds is 6. The highest BCUT2D eigenvalue weighted by atomic mass is 19.1. The summed E-state index contributed by atoms with van der Waals surface area (Å²) < 4.78 is 23.7. The van der Waals surface area contributed by atoms with E-state index in [0.29, 0.717) is 24.4 Å². The molecule has 1 heterocycles. The van der Waals surface area contributed by atoms with Crippen molar-refractivity contribution >= 4 is 11.9 Å². The van der Waals surface area contributed by atoms with Gasteiger partial charge in [0.05, 0.1) is 5.92 Å². The zero-order valence-corrected chi connectivity index (χ0v) is 13.4. The standard InChI is InChI=1S/C18H18FNO5/c19-11-4-6-12(7-5-11)24-10-13-8-9-16(25-13)17(21)20-15-3-1-2-14(15)18(22)23/h4-9,14-15H,1-3,10H2,(H,20,21)(H,22,23)/t14-,15+/m1/s1. The Hall–Kier alpha value is -2.83. The third kappa shape index (κ3) is 4.17. The lowest BCUT2D eigenvalue weighted by atomic mass is 10.0. The fourth-order valence-electron chi connectivity index (χ4n) is 2.93. The van der Waals surface area contributed by atoms with E-state index in [1.54, 1.807) is 6.07 Å². The molecule has 1 saturated carbocycles. The molecule has 1 aliphatic rings. The normalized spacial score (nSPS) is 19.6. The first-order chi connectivity index (χ1) is 12.0. The van der Waals surface area contributed by atoms with Crippen molar-refractivity contribution in [2.24, 2.45) is 5.92 Å². The van der Waals surface area contributed by atoms with E-state index in [2.05, 4.69) is 5.32 Å². The van der Waals surface area contributed by atoms with E-state index in [1.807, 2.05) is 0 Å². The van der Waals surface area contributed by atoms with Crippen molar-refractivity contribution in [1.82, 2.24) is 5.32 Å². The molecule has 1 amide bonds. The molecule has 1 fully saturated rings. The van der Waals surface area contributed by atoms with Crippen LogP contribution in [0.1, 0.15) is 35.6 Å². The summed E-state index contributed by atoms with van der Waals surface area (Å²) in [6, 6.07) is 8.32. The number of benzene rings is 1. The molecule has 1 aliphatic carbocycles. The van der Waals surface area contributed by atoms with Gasteiger partial charge in [-0.1, -0.05) is 6.42 Å². The van der Waals surface area contributed by atoms with Gasteiger partial charge in [0.15, 0.2) is 5.76 Å². The van der Waals surface area contributed by atoms with E-state index in [0.717, 1.165) is 6.42 Å². The Morgan fingerprint density at radius 1 is 1.20 bits per heavy atom. The summed E-state index contributed by atoms with van der Waals surface area (Å²) in [5.41, 5.74) is 0. The van der Waals surface area contributed by atoms with Crippen LogP contribution in [0, 0.1) is 11.7 Å². The van der Waals surface area contributed by atoms with Crippen molar-refractivity contribution in [3.63, 3.8) is 0 Å². The number of nitrogens with one attached hydrogen (secondary N) is 1. The first-order valence-corrected chi connectivity index (χ1v) is 8.03. The molecule has 3 rings (SSSR count). The van der Waals surface area contributed by atoms with Gasteiger partial charge in [-0.05, 0) is 49.2 Å². The molecule has 6 nitrogen and oxygen atoms in total. The van der Waals surface area contributed by atoms with E-state index < -0.39 is 17.8 Å². The number of amides is 1. The number of carbonyl (C=O) groups excluding carboxylic acids is 1. The molecule has 0 unspecified atom stereocenters. The summed E-state index contributed by atoms with van der Waals surface area (Å²) in [6.45, 7) is 0.0973. The Balaban J connectivity index is 1.56. The first kappa shape index (κ1) is 17.0. The largest absolute Gasteiger partial charge is 0.486 e.